The van der Waals surface area contributed by atoms with E-state index in [1.165, 1.54) is 18.4 Å². The van der Waals surface area contributed by atoms with Gasteiger partial charge in [-0.1, -0.05) is 6.42 Å². The Labute approximate surface area is 121 Å². The van der Waals surface area contributed by atoms with Crippen LogP contribution in [0.3, 0.4) is 0 Å². The first-order valence-corrected chi connectivity index (χ1v) is 7.76. The predicted molar refractivity (Wildman–Crippen MR) is 77.0 cm³/mol. The highest BCUT2D eigenvalue weighted by Crippen LogP contribution is 2.37. The molecule has 0 radical (unpaired) electrons. The van der Waals surface area contributed by atoms with Crippen molar-refractivity contribution in [1.29, 1.82) is 0 Å². The third-order valence-electron chi connectivity index (χ3n) is 4.03. The molecule has 3 rings (SSSR count). The molecule has 1 fully saturated rings. The molecule has 1 amide bonds. The van der Waals surface area contributed by atoms with Gasteiger partial charge in [0.15, 0.2) is 0 Å². The van der Waals surface area contributed by atoms with Crippen LogP contribution in [-0.2, 0) is 22.5 Å². The van der Waals surface area contributed by atoms with Gasteiger partial charge in [0.1, 0.15) is 5.00 Å². The molecule has 1 aromatic rings. The highest BCUT2D eigenvalue weighted by molar-refractivity contribution is 7.17. The summed E-state index contributed by atoms with van der Waals surface area (Å²) in [6.07, 6.45) is 3.82. The zero-order chi connectivity index (χ0) is 14.1. The number of carbonyl (C=O) groups excluding carboxylic acids is 2. The first-order valence-electron chi connectivity index (χ1n) is 6.95. The molecule has 0 bridgehead atoms. The van der Waals surface area contributed by atoms with Crippen molar-refractivity contribution in [3.63, 3.8) is 0 Å². The molecule has 0 atom stereocenters. The van der Waals surface area contributed by atoms with Crippen molar-refractivity contribution in [3.05, 3.63) is 16.0 Å². The number of anilines is 1. The van der Waals surface area contributed by atoms with Crippen molar-refractivity contribution in [2.75, 3.05) is 19.0 Å². The second-order valence-electron chi connectivity index (χ2n) is 5.24. The summed E-state index contributed by atoms with van der Waals surface area (Å²) in [4.78, 5) is 25.2. The van der Waals surface area contributed by atoms with Crippen LogP contribution in [0.15, 0.2) is 0 Å². The summed E-state index contributed by atoms with van der Waals surface area (Å²) >= 11 is 1.49. The molecule has 108 valence electrons. The van der Waals surface area contributed by atoms with E-state index in [-0.39, 0.29) is 17.8 Å². The van der Waals surface area contributed by atoms with Crippen molar-refractivity contribution < 1.29 is 14.3 Å². The maximum absolute atomic E-state index is 12.1. The van der Waals surface area contributed by atoms with Gasteiger partial charge in [0.05, 0.1) is 12.7 Å². The largest absolute Gasteiger partial charge is 0.465 e. The van der Waals surface area contributed by atoms with Crippen molar-refractivity contribution in [3.8, 4) is 0 Å². The second-order valence-corrected chi connectivity index (χ2v) is 6.35. The molecule has 1 aromatic heterocycles. The van der Waals surface area contributed by atoms with Crippen LogP contribution in [0.2, 0.25) is 0 Å². The predicted octanol–water partition coefficient (Wildman–Crippen LogP) is 1.92. The summed E-state index contributed by atoms with van der Waals surface area (Å²) in [6, 6.07) is 0. The van der Waals surface area contributed by atoms with Gasteiger partial charge in [-0.2, -0.15) is 0 Å². The van der Waals surface area contributed by atoms with Gasteiger partial charge < -0.3 is 15.4 Å². The number of hydrogen-bond acceptors (Lipinski definition) is 5. The third-order valence-corrected chi connectivity index (χ3v) is 5.18. The summed E-state index contributed by atoms with van der Waals surface area (Å²) in [5, 5.41) is 6.87. The maximum atomic E-state index is 12.1. The normalized spacial score (nSPS) is 18.1. The van der Waals surface area contributed by atoms with Gasteiger partial charge in [0.25, 0.3) is 0 Å². The Kier molecular flexibility index (Phi) is 3.76. The minimum absolute atomic E-state index is 0.0351. The minimum Gasteiger partial charge on any atom is -0.465 e. The molecular formula is C14H18N2O3S. The number of nitrogens with one attached hydrogen (secondary N) is 2. The molecule has 1 aliphatic carbocycles. The van der Waals surface area contributed by atoms with Crippen LogP contribution in [0.4, 0.5) is 5.00 Å². The molecule has 0 unspecified atom stereocenters. The fourth-order valence-corrected chi connectivity index (χ4v) is 3.83. The Balaban J connectivity index is 1.90. The van der Waals surface area contributed by atoms with Gasteiger partial charge in [0.2, 0.25) is 5.91 Å². The Morgan fingerprint density at radius 2 is 2.20 bits per heavy atom. The fourth-order valence-electron chi connectivity index (χ4n) is 2.63. The van der Waals surface area contributed by atoms with Gasteiger partial charge in [-0.05, 0) is 31.4 Å². The number of fused-ring (bicyclic) bond motifs is 1. The van der Waals surface area contributed by atoms with Crippen LogP contribution < -0.4 is 10.6 Å². The summed E-state index contributed by atoms with van der Waals surface area (Å²) in [6.45, 7) is 1.60. The Bertz CT molecular complexity index is 549. The fraction of sp³-hybridized carbons (Fsp3) is 0.571. The number of rotatable bonds is 3. The lowest BCUT2D eigenvalue weighted by Gasteiger charge is -2.23. The van der Waals surface area contributed by atoms with E-state index in [1.54, 1.807) is 0 Å². The molecule has 1 saturated carbocycles. The molecule has 2 aliphatic rings. The Morgan fingerprint density at radius 3 is 2.85 bits per heavy atom. The number of carbonyl (C=O) groups is 2. The first kappa shape index (κ1) is 13.6. The van der Waals surface area contributed by atoms with Crippen LogP contribution >= 0.6 is 11.3 Å². The third kappa shape index (κ3) is 2.33. The van der Waals surface area contributed by atoms with Crippen LogP contribution in [0.5, 0.6) is 0 Å². The minimum atomic E-state index is -0.353. The Morgan fingerprint density at radius 1 is 1.40 bits per heavy atom. The van der Waals surface area contributed by atoms with Gasteiger partial charge in [-0.3, -0.25) is 4.79 Å². The van der Waals surface area contributed by atoms with E-state index < -0.39 is 0 Å². The summed E-state index contributed by atoms with van der Waals surface area (Å²) in [5.41, 5.74) is 1.59. The number of ether oxygens (including phenoxy) is 1. The van der Waals surface area contributed by atoms with E-state index in [2.05, 4.69) is 10.6 Å². The van der Waals surface area contributed by atoms with Gasteiger partial charge in [-0.25, -0.2) is 4.79 Å². The van der Waals surface area contributed by atoms with E-state index in [9.17, 15) is 9.59 Å². The van der Waals surface area contributed by atoms with E-state index in [4.69, 9.17) is 4.74 Å². The standard InChI is InChI=1S/C14H18N2O3S/c1-19-14(18)11-9-5-6-15-7-10(9)20-13(11)16-12(17)8-3-2-4-8/h8,15H,2-7H2,1H3,(H,16,17). The molecule has 0 aromatic carbocycles. The van der Waals surface area contributed by atoms with E-state index in [0.29, 0.717) is 10.6 Å². The first-order chi connectivity index (χ1) is 9.70. The maximum Gasteiger partial charge on any atom is 0.341 e. The van der Waals surface area contributed by atoms with Crippen molar-refractivity contribution in [2.45, 2.75) is 32.2 Å². The van der Waals surface area contributed by atoms with Crippen LogP contribution in [0, 0.1) is 5.92 Å². The molecule has 0 saturated heterocycles. The molecule has 0 spiro atoms. The van der Waals surface area contributed by atoms with Crippen molar-refractivity contribution >= 4 is 28.2 Å². The average Bonchev–Trinajstić information content (AvgIpc) is 2.73. The Hall–Kier alpha value is -1.40. The van der Waals surface area contributed by atoms with Crippen molar-refractivity contribution in [1.82, 2.24) is 5.32 Å². The lowest BCUT2D eigenvalue weighted by molar-refractivity contribution is -0.122. The summed E-state index contributed by atoms with van der Waals surface area (Å²) in [7, 11) is 1.38. The molecule has 2 heterocycles. The van der Waals surface area contributed by atoms with Gasteiger partial charge >= 0.3 is 5.97 Å². The zero-order valence-corrected chi connectivity index (χ0v) is 12.3. The van der Waals surface area contributed by atoms with E-state index in [1.807, 2.05) is 0 Å². The highest BCUT2D eigenvalue weighted by atomic mass is 32.1. The number of esters is 1. The average molecular weight is 294 g/mol. The topological polar surface area (TPSA) is 67.4 Å². The lowest BCUT2D eigenvalue weighted by atomic mass is 9.85. The summed E-state index contributed by atoms with van der Waals surface area (Å²) in [5.74, 6) is -0.209. The number of amides is 1. The molecule has 2 N–H and O–H groups in total. The van der Waals surface area contributed by atoms with Gasteiger partial charge in [0, 0.05) is 17.3 Å². The van der Waals surface area contributed by atoms with E-state index in [0.717, 1.165) is 49.2 Å². The molecular weight excluding hydrogens is 276 g/mol. The van der Waals surface area contributed by atoms with Crippen LogP contribution in [-0.4, -0.2) is 25.5 Å². The van der Waals surface area contributed by atoms with E-state index >= 15 is 0 Å². The number of methoxy groups -OCH3 is 1. The summed E-state index contributed by atoms with van der Waals surface area (Å²) < 4.78 is 4.88. The molecule has 5 nitrogen and oxygen atoms in total. The monoisotopic (exact) mass is 294 g/mol. The van der Waals surface area contributed by atoms with Crippen molar-refractivity contribution in [2.24, 2.45) is 5.92 Å². The van der Waals surface area contributed by atoms with Crippen LogP contribution in [0.25, 0.3) is 0 Å². The quantitative estimate of drug-likeness (QED) is 0.836. The SMILES string of the molecule is COC(=O)c1c(NC(=O)C2CCC2)sc2c1CCNC2. The smallest absolute Gasteiger partial charge is 0.341 e. The van der Waals surface area contributed by atoms with Crippen LogP contribution in [0.1, 0.15) is 40.1 Å². The highest BCUT2D eigenvalue weighted by Gasteiger charge is 2.30. The number of thiophene rings is 1. The molecule has 20 heavy (non-hydrogen) atoms. The lowest BCUT2D eigenvalue weighted by Crippen LogP contribution is -2.28. The van der Waals surface area contributed by atoms with Gasteiger partial charge in [-0.15, -0.1) is 11.3 Å². The number of hydrogen-bond donors (Lipinski definition) is 2. The molecule has 1 aliphatic heterocycles. The zero-order valence-electron chi connectivity index (χ0n) is 11.5. The molecule has 6 heteroatoms. The second kappa shape index (κ2) is 5.54.